The molecular formula is C14H26N2O. The van der Waals surface area contributed by atoms with E-state index in [0.29, 0.717) is 6.04 Å². The van der Waals surface area contributed by atoms with E-state index in [1.54, 1.807) is 6.26 Å². The monoisotopic (exact) mass is 238 g/mol. The molecule has 1 N–H and O–H groups in total. The van der Waals surface area contributed by atoms with Crippen molar-refractivity contribution < 1.29 is 4.42 Å². The summed E-state index contributed by atoms with van der Waals surface area (Å²) < 4.78 is 5.16. The summed E-state index contributed by atoms with van der Waals surface area (Å²) in [6, 6.07) is 2.49. The van der Waals surface area contributed by atoms with Crippen LogP contribution in [0.2, 0.25) is 0 Å². The quantitative estimate of drug-likeness (QED) is 0.791. The maximum absolute atomic E-state index is 5.16. The van der Waals surface area contributed by atoms with Crippen LogP contribution in [0.15, 0.2) is 23.0 Å². The molecule has 0 amide bonds. The molecule has 0 saturated heterocycles. The highest BCUT2D eigenvalue weighted by Gasteiger charge is 2.34. The molecule has 0 spiro atoms. The van der Waals surface area contributed by atoms with E-state index in [2.05, 4.69) is 51.1 Å². The number of hydrogen-bond acceptors (Lipinski definition) is 3. The molecule has 1 rings (SSSR count). The van der Waals surface area contributed by atoms with E-state index in [1.165, 1.54) is 5.56 Å². The van der Waals surface area contributed by atoms with E-state index in [9.17, 15) is 0 Å². The minimum absolute atomic E-state index is 0.160. The third-order valence-corrected chi connectivity index (χ3v) is 3.96. The number of hydrogen-bond donors (Lipinski definition) is 1. The van der Waals surface area contributed by atoms with Crippen LogP contribution in [-0.4, -0.2) is 37.1 Å². The third kappa shape index (κ3) is 3.33. The summed E-state index contributed by atoms with van der Waals surface area (Å²) in [4.78, 5) is 2.32. The predicted octanol–water partition coefficient (Wildman–Crippen LogP) is 2.53. The van der Waals surface area contributed by atoms with Crippen molar-refractivity contribution in [1.29, 1.82) is 0 Å². The molecule has 3 heteroatoms. The van der Waals surface area contributed by atoms with Crippen LogP contribution in [0.4, 0.5) is 0 Å². The van der Waals surface area contributed by atoms with E-state index >= 15 is 0 Å². The molecule has 17 heavy (non-hydrogen) atoms. The zero-order valence-electron chi connectivity index (χ0n) is 11.8. The summed E-state index contributed by atoms with van der Waals surface area (Å²) in [5.74, 6) is 0. The number of nitrogens with one attached hydrogen (secondary N) is 1. The molecule has 2 atom stereocenters. The Morgan fingerprint density at radius 2 is 2.12 bits per heavy atom. The number of furan rings is 1. The van der Waals surface area contributed by atoms with E-state index in [-0.39, 0.29) is 5.54 Å². The van der Waals surface area contributed by atoms with Gasteiger partial charge < -0.3 is 14.6 Å². The lowest BCUT2D eigenvalue weighted by Gasteiger charge is -2.43. The lowest BCUT2D eigenvalue weighted by atomic mass is 9.84. The smallest absolute Gasteiger partial charge is 0.0935 e. The van der Waals surface area contributed by atoms with Crippen LogP contribution in [0.1, 0.15) is 32.8 Å². The Balaban J connectivity index is 2.83. The second-order valence-electron chi connectivity index (χ2n) is 5.05. The molecule has 0 bridgehead atoms. The van der Waals surface area contributed by atoms with Gasteiger partial charge in [0.1, 0.15) is 0 Å². The van der Waals surface area contributed by atoms with Crippen molar-refractivity contribution in [2.24, 2.45) is 0 Å². The van der Waals surface area contributed by atoms with Crippen molar-refractivity contribution in [3.63, 3.8) is 0 Å². The molecule has 0 aliphatic carbocycles. The fourth-order valence-corrected chi connectivity index (χ4v) is 2.28. The third-order valence-electron chi connectivity index (χ3n) is 3.96. The van der Waals surface area contributed by atoms with Gasteiger partial charge in [0.05, 0.1) is 12.5 Å². The van der Waals surface area contributed by atoms with Gasteiger partial charge in [-0.25, -0.2) is 0 Å². The van der Waals surface area contributed by atoms with Crippen LogP contribution in [0.25, 0.3) is 0 Å². The van der Waals surface area contributed by atoms with Crippen molar-refractivity contribution in [3.8, 4) is 0 Å². The first-order chi connectivity index (χ1) is 8.04. The van der Waals surface area contributed by atoms with E-state index in [1.807, 2.05) is 6.26 Å². The fourth-order valence-electron chi connectivity index (χ4n) is 2.28. The highest BCUT2D eigenvalue weighted by atomic mass is 16.3. The van der Waals surface area contributed by atoms with Crippen LogP contribution < -0.4 is 5.32 Å². The Hall–Kier alpha value is -0.800. The first-order valence-corrected chi connectivity index (χ1v) is 6.46. The van der Waals surface area contributed by atoms with Crippen molar-refractivity contribution in [1.82, 2.24) is 10.2 Å². The van der Waals surface area contributed by atoms with Gasteiger partial charge >= 0.3 is 0 Å². The lowest BCUT2D eigenvalue weighted by Crippen LogP contribution is -2.57. The Bertz CT molecular complexity index is 308. The van der Waals surface area contributed by atoms with E-state index in [4.69, 9.17) is 4.42 Å². The van der Waals surface area contributed by atoms with Crippen molar-refractivity contribution >= 4 is 0 Å². The fraction of sp³-hybridized carbons (Fsp3) is 0.714. The summed E-state index contributed by atoms with van der Waals surface area (Å²) in [7, 11) is 4.31. The van der Waals surface area contributed by atoms with Crippen molar-refractivity contribution in [2.45, 2.75) is 45.2 Å². The lowest BCUT2D eigenvalue weighted by molar-refractivity contribution is 0.113. The first-order valence-electron chi connectivity index (χ1n) is 6.46. The molecule has 1 aromatic rings. The molecule has 0 fully saturated rings. The number of nitrogens with zero attached hydrogens (tertiary/aromatic N) is 1. The Morgan fingerprint density at radius 1 is 1.41 bits per heavy atom. The summed E-state index contributed by atoms with van der Waals surface area (Å²) in [6.45, 7) is 7.72. The second kappa shape index (κ2) is 6.22. The molecule has 0 aliphatic rings. The molecule has 0 aliphatic heterocycles. The average Bonchev–Trinajstić information content (AvgIpc) is 2.80. The Labute approximate surface area is 105 Å². The largest absolute Gasteiger partial charge is 0.472 e. The van der Waals surface area contributed by atoms with Gasteiger partial charge in [-0.1, -0.05) is 13.8 Å². The van der Waals surface area contributed by atoms with Gasteiger partial charge in [0.15, 0.2) is 0 Å². The predicted molar refractivity (Wildman–Crippen MR) is 72.3 cm³/mol. The Morgan fingerprint density at radius 3 is 2.53 bits per heavy atom. The van der Waals surface area contributed by atoms with Crippen LogP contribution in [0, 0.1) is 0 Å². The molecule has 0 radical (unpaired) electrons. The highest BCUT2D eigenvalue weighted by Crippen LogP contribution is 2.24. The zero-order chi connectivity index (χ0) is 12.9. The SMILES string of the molecule is CCNC(Cc1ccoc1)C(C)(CC)N(C)C. The maximum atomic E-state index is 5.16. The summed E-state index contributed by atoms with van der Waals surface area (Å²) in [5.41, 5.74) is 1.42. The van der Waals surface area contributed by atoms with Gasteiger partial charge in [-0.2, -0.15) is 0 Å². The van der Waals surface area contributed by atoms with E-state index in [0.717, 1.165) is 19.4 Å². The Kier molecular flexibility index (Phi) is 5.22. The van der Waals surface area contributed by atoms with Crippen molar-refractivity contribution in [2.75, 3.05) is 20.6 Å². The molecule has 3 nitrogen and oxygen atoms in total. The van der Waals surface area contributed by atoms with Gasteiger partial charge in [0, 0.05) is 11.6 Å². The normalized spacial score (nSPS) is 17.1. The van der Waals surface area contributed by atoms with Gasteiger partial charge in [0.2, 0.25) is 0 Å². The van der Waals surface area contributed by atoms with E-state index < -0.39 is 0 Å². The van der Waals surface area contributed by atoms with Crippen molar-refractivity contribution in [3.05, 3.63) is 24.2 Å². The molecular weight excluding hydrogens is 212 g/mol. The standard InChI is InChI=1S/C14H26N2O/c1-6-14(3,16(4)5)13(15-7-2)10-12-8-9-17-11-12/h8-9,11,13,15H,6-7,10H2,1-5H3. The highest BCUT2D eigenvalue weighted by molar-refractivity contribution is 5.11. The average molecular weight is 238 g/mol. The maximum Gasteiger partial charge on any atom is 0.0935 e. The molecule has 2 unspecified atom stereocenters. The summed E-state index contributed by atoms with van der Waals surface area (Å²) in [5, 5.41) is 3.61. The van der Waals surface area contributed by atoms with Crippen LogP contribution in [-0.2, 0) is 6.42 Å². The second-order valence-corrected chi connectivity index (χ2v) is 5.05. The van der Waals surface area contributed by atoms with Gasteiger partial charge in [0.25, 0.3) is 0 Å². The summed E-state index contributed by atoms with van der Waals surface area (Å²) >= 11 is 0. The van der Waals surface area contributed by atoms with Crippen LogP contribution in [0.5, 0.6) is 0 Å². The molecule has 0 saturated carbocycles. The zero-order valence-corrected chi connectivity index (χ0v) is 11.8. The number of rotatable bonds is 7. The summed E-state index contributed by atoms with van der Waals surface area (Å²) in [6.07, 6.45) is 5.72. The number of likely N-dealkylation sites (N-methyl/N-ethyl adjacent to an activating group) is 2. The van der Waals surface area contributed by atoms with Gasteiger partial charge in [-0.3, -0.25) is 0 Å². The minimum Gasteiger partial charge on any atom is -0.472 e. The molecule has 1 heterocycles. The molecule has 0 aromatic carbocycles. The van der Waals surface area contributed by atoms with Gasteiger partial charge in [-0.05, 0) is 52.0 Å². The molecule has 98 valence electrons. The minimum atomic E-state index is 0.160. The van der Waals surface area contributed by atoms with Crippen LogP contribution in [0.3, 0.4) is 0 Å². The van der Waals surface area contributed by atoms with Gasteiger partial charge in [-0.15, -0.1) is 0 Å². The van der Waals surface area contributed by atoms with Crippen LogP contribution >= 0.6 is 0 Å². The molecule has 1 aromatic heterocycles. The first kappa shape index (κ1) is 14.3. The topological polar surface area (TPSA) is 28.4 Å².